The minimum atomic E-state index is -0.861. The van der Waals surface area contributed by atoms with Gasteiger partial charge in [0.05, 0.1) is 6.10 Å². The van der Waals surface area contributed by atoms with Gasteiger partial charge < -0.3 is 20.1 Å². The SMILES string of the molecule is CCCNC(C)(CC(C)N(C)CC1CCCO1)C(=O)O. The summed E-state index contributed by atoms with van der Waals surface area (Å²) in [6.07, 6.45) is 4.08. The first-order valence-corrected chi connectivity index (χ1v) is 7.69. The van der Waals surface area contributed by atoms with Crippen molar-refractivity contribution in [2.75, 3.05) is 26.7 Å². The Bertz CT molecular complexity index is 305. The summed E-state index contributed by atoms with van der Waals surface area (Å²) in [5.74, 6) is -0.775. The van der Waals surface area contributed by atoms with E-state index in [0.29, 0.717) is 12.5 Å². The van der Waals surface area contributed by atoms with Gasteiger partial charge in [-0.3, -0.25) is 4.79 Å². The second-order valence-electron chi connectivity index (χ2n) is 6.19. The lowest BCUT2D eigenvalue weighted by molar-refractivity contribution is -0.145. The van der Waals surface area contributed by atoms with E-state index in [-0.39, 0.29) is 6.04 Å². The molecule has 0 radical (unpaired) electrons. The van der Waals surface area contributed by atoms with Gasteiger partial charge in [-0.25, -0.2) is 0 Å². The predicted octanol–water partition coefficient (Wildman–Crippen LogP) is 1.72. The van der Waals surface area contributed by atoms with E-state index < -0.39 is 11.5 Å². The van der Waals surface area contributed by atoms with Crippen molar-refractivity contribution in [3.05, 3.63) is 0 Å². The summed E-state index contributed by atoms with van der Waals surface area (Å²) in [6, 6.07) is 0.199. The second-order valence-corrected chi connectivity index (χ2v) is 6.19. The molecule has 0 bridgehead atoms. The Kier molecular flexibility index (Phi) is 6.92. The lowest BCUT2D eigenvalue weighted by atomic mass is 9.92. The van der Waals surface area contributed by atoms with Gasteiger partial charge >= 0.3 is 5.97 Å². The maximum Gasteiger partial charge on any atom is 0.323 e. The van der Waals surface area contributed by atoms with Crippen molar-refractivity contribution >= 4 is 5.97 Å². The maximum atomic E-state index is 11.5. The number of nitrogens with zero attached hydrogens (tertiary/aromatic N) is 1. The quantitative estimate of drug-likeness (QED) is 0.676. The summed E-state index contributed by atoms with van der Waals surface area (Å²) in [5, 5.41) is 12.6. The molecule has 0 saturated carbocycles. The van der Waals surface area contributed by atoms with E-state index >= 15 is 0 Å². The van der Waals surface area contributed by atoms with Gasteiger partial charge in [0.15, 0.2) is 0 Å². The average Bonchev–Trinajstić information content (AvgIpc) is 2.88. The molecule has 3 unspecified atom stereocenters. The topological polar surface area (TPSA) is 61.8 Å². The third kappa shape index (κ3) is 5.04. The highest BCUT2D eigenvalue weighted by atomic mass is 16.5. The van der Waals surface area contributed by atoms with Crippen LogP contribution in [0.5, 0.6) is 0 Å². The van der Waals surface area contributed by atoms with Crippen LogP contribution in [0.4, 0.5) is 0 Å². The zero-order valence-corrected chi connectivity index (χ0v) is 13.3. The van der Waals surface area contributed by atoms with Gasteiger partial charge in [0, 0.05) is 19.2 Å². The predicted molar refractivity (Wildman–Crippen MR) is 80.0 cm³/mol. The van der Waals surface area contributed by atoms with Gasteiger partial charge in [0.1, 0.15) is 5.54 Å². The highest BCUT2D eigenvalue weighted by Gasteiger charge is 2.35. The molecule has 0 aromatic heterocycles. The Labute approximate surface area is 122 Å². The first kappa shape index (κ1) is 17.4. The van der Waals surface area contributed by atoms with Crippen molar-refractivity contribution in [3.63, 3.8) is 0 Å². The first-order valence-electron chi connectivity index (χ1n) is 7.69. The van der Waals surface area contributed by atoms with Gasteiger partial charge in [-0.2, -0.15) is 0 Å². The molecule has 0 aromatic rings. The smallest absolute Gasteiger partial charge is 0.323 e. The van der Waals surface area contributed by atoms with E-state index in [4.69, 9.17) is 4.74 Å². The number of aliphatic carboxylic acids is 1. The maximum absolute atomic E-state index is 11.5. The Morgan fingerprint density at radius 3 is 2.80 bits per heavy atom. The molecule has 118 valence electrons. The molecule has 0 aliphatic carbocycles. The van der Waals surface area contributed by atoms with Crippen LogP contribution in [0.3, 0.4) is 0 Å². The molecule has 0 spiro atoms. The fraction of sp³-hybridized carbons (Fsp3) is 0.933. The molecule has 0 aromatic carbocycles. The highest BCUT2D eigenvalue weighted by Crippen LogP contribution is 2.19. The zero-order valence-electron chi connectivity index (χ0n) is 13.3. The van der Waals surface area contributed by atoms with E-state index in [1.807, 2.05) is 6.92 Å². The van der Waals surface area contributed by atoms with Crippen molar-refractivity contribution in [1.82, 2.24) is 10.2 Å². The van der Waals surface area contributed by atoms with Gasteiger partial charge in [0.25, 0.3) is 0 Å². The number of hydrogen-bond donors (Lipinski definition) is 2. The van der Waals surface area contributed by atoms with Gasteiger partial charge in [-0.15, -0.1) is 0 Å². The second kappa shape index (κ2) is 7.96. The fourth-order valence-corrected chi connectivity index (χ4v) is 2.67. The van der Waals surface area contributed by atoms with Crippen LogP contribution in [-0.2, 0) is 9.53 Å². The van der Waals surface area contributed by atoms with Crippen LogP contribution >= 0.6 is 0 Å². The molecule has 1 saturated heterocycles. The van der Waals surface area contributed by atoms with Crippen LogP contribution in [0.2, 0.25) is 0 Å². The third-order valence-electron chi connectivity index (χ3n) is 4.21. The number of likely N-dealkylation sites (N-methyl/N-ethyl adjacent to an activating group) is 1. The number of rotatable bonds is 9. The van der Waals surface area contributed by atoms with Crippen LogP contribution in [-0.4, -0.2) is 60.4 Å². The first-order chi connectivity index (χ1) is 9.39. The van der Waals surface area contributed by atoms with Crippen LogP contribution in [0.1, 0.15) is 46.5 Å². The van der Waals surface area contributed by atoms with Crippen molar-refractivity contribution < 1.29 is 14.6 Å². The Morgan fingerprint density at radius 2 is 2.30 bits per heavy atom. The standard InChI is InChI=1S/C15H30N2O3/c1-5-8-16-15(3,14(18)19)10-12(2)17(4)11-13-7-6-9-20-13/h12-13,16H,5-11H2,1-4H3,(H,18,19). The molecule has 1 rings (SSSR count). The van der Waals surface area contributed by atoms with Crippen LogP contribution in [0, 0.1) is 0 Å². The average molecular weight is 286 g/mol. The van der Waals surface area contributed by atoms with Crippen molar-refractivity contribution in [2.24, 2.45) is 0 Å². The van der Waals surface area contributed by atoms with E-state index in [2.05, 4.69) is 24.2 Å². The van der Waals surface area contributed by atoms with E-state index in [1.165, 1.54) is 0 Å². The molecule has 1 aliphatic rings. The molecule has 20 heavy (non-hydrogen) atoms. The molecule has 1 heterocycles. The summed E-state index contributed by atoms with van der Waals surface area (Å²) >= 11 is 0. The summed E-state index contributed by atoms with van der Waals surface area (Å²) < 4.78 is 5.64. The molecule has 2 N–H and O–H groups in total. The lowest BCUT2D eigenvalue weighted by Gasteiger charge is -2.34. The molecule has 1 aliphatic heterocycles. The zero-order chi connectivity index (χ0) is 15.2. The fourth-order valence-electron chi connectivity index (χ4n) is 2.67. The Balaban J connectivity index is 2.50. The molecule has 3 atom stereocenters. The van der Waals surface area contributed by atoms with Crippen LogP contribution in [0.25, 0.3) is 0 Å². The number of nitrogens with one attached hydrogen (secondary N) is 1. The molecular formula is C15H30N2O3. The summed E-state index contributed by atoms with van der Waals surface area (Å²) in [5.41, 5.74) is -0.861. The molecular weight excluding hydrogens is 256 g/mol. The van der Waals surface area contributed by atoms with Crippen molar-refractivity contribution in [2.45, 2.75) is 64.1 Å². The van der Waals surface area contributed by atoms with Crippen molar-refractivity contribution in [3.8, 4) is 0 Å². The summed E-state index contributed by atoms with van der Waals surface area (Å²) in [4.78, 5) is 13.7. The molecule has 0 amide bonds. The number of ether oxygens (including phenoxy) is 1. The Hall–Kier alpha value is -0.650. The monoisotopic (exact) mass is 286 g/mol. The number of hydrogen-bond acceptors (Lipinski definition) is 4. The van der Waals surface area contributed by atoms with Gasteiger partial charge in [0.2, 0.25) is 0 Å². The third-order valence-corrected chi connectivity index (χ3v) is 4.21. The molecule has 5 heteroatoms. The number of carbonyl (C=O) groups is 1. The molecule has 5 nitrogen and oxygen atoms in total. The molecule has 1 fully saturated rings. The van der Waals surface area contributed by atoms with Gasteiger partial charge in [-0.1, -0.05) is 6.92 Å². The van der Waals surface area contributed by atoms with E-state index in [9.17, 15) is 9.90 Å². The minimum absolute atomic E-state index is 0.199. The van der Waals surface area contributed by atoms with Crippen LogP contribution < -0.4 is 5.32 Å². The highest BCUT2D eigenvalue weighted by molar-refractivity contribution is 5.78. The number of carboxylic acids is 1. The largest absolute Gasteiger partial charge is 0.480 e. The minimum Gasteiger partial charge on any atom is -0.480 e. The summed E-state index contributed by atoms with van der Waals surface area (Å²) in [7, 11) is 2.05. The Morgan fingerprint density at radius 1 is 1.60 bits per heavy atom. The van der Waals surface area contributed by atoms with Crippen molar-refractivity contribution in [1.29, 1.82) is 0 Å². The lowest BCUT2D eigenvalue weighted by Crippen LogP contribution is -2.53. The van der Waals surface area contributed by atoms with E-state index in [1.54, 1.807) is 6.92 Å². The normalized spacial score (nSPS) is 23.8. The van der Waals surface area contributed by atoms with Crippen LogP contribution in [0.15, 0.2) is 0 Å². The van der Waals surface area contributed by atoms with E-state index in [0.717, 1.165) is 39.0 Å². The van der Waals surface area contributed by atoms with Gasteiger partial charge in [-0.05, 0) is 53.1 Å². The summed E-state index contributed by atoms with van der Waals surface area (Å²) in [6.45, 7) is 8.38. The number of carboxylic acid groups (broad SMARTS) is 1.